The van der Waals surface area contributed by atoms with Crippen LogP contribution in [-0.4, -0.2) is 6.21 Å². The first-order valence-corrected chi connectivity index (χ1v) is 8.96. The molecule has 0 aliphatic heterocycles. The van der Waals surface area contributed by atoms with Gasteiger partial charge in [-0.1, -0.05) is 65.1 Å². The quantitative estimate of drug-likeness (QED) is 0.282. The largest absolute Gasteiger partial charge is 0.489 e. The molecule has 3 nitrogen and oxygen atoms in total. The lowest BCUT2D eigenvalue weighted by molar-refractivity contribution is 0.306. The van der Waals surface area contributed by atoms with Crippen molar-refractivity contribution in [2.24, 2.45) is 5.10 Å². The van der Waals surface area contributed by atoms with E-state index in [2.05, 4.69) is 10.5 Å². The number of hydrogen-bond donors (Lipinski definition) is 1. The van der Waals surface area contributed by atoms with E-state index in [9.17, 15) is 0 Å². The first-order chi connectivity index (χ1) is 12.6. The molecule has 0 fully saturated rings. The van der Waals surface area contributed by atoms with Gasteiger partial charge in [0.2, 0.25) is 0 Å². The number of nitrogens with zero attached hydrogens (tertiary/aromatic N) is 1. The van der Waals surface area contributed by atoms with E-state index in [0.717, 1.165) is 11.3 Å². The Kier molecular flexibility index (Phi) is 6.40. The van der Waals surface area contributed by atoms with Gasteiger partial charge in [-0.25, -0.2) is 0 Å². The van der Waals surface area contributed by atoms with Crippen molar-refractivity contribution in [2.75, 3.05) is 5.43 Å². The van der Waals surface area contributed by atoms with Crippen LogP contribution in [0.1, 0.15) is 11.1 Å². The van der Waals surface area contributed by atoms with Crippen LogP contribution in [0.25, 0.3) is 0 Å². The van der Waals surface area contributed by atoms with E-state index < -0.39 is 0 Å². The van der Waals surface area contributed by atoms with Crippen LogP contribution in [0.5, 0.6) is 5.75 Å². The van der Waals surface area contributed by atoms with Crippen molar-refractivity contribution in [2.45, 2.75) is 6.61 Å². The number of halogens is 3. The molecule has 3 aromatic carbocycles. The number of anilines is 1. The van der Waals surface area contributed by atoms with Gasteiger partial charge < -0.3 is 4.74 Å². The van der Waals surface area contributed by atoms with Crippen LogP contribution >= 0.6 is 34.8 Å². The molecule has 0 radical (unpaired) electrons. The second-order valence-electron chi connectivity index (χ2n) is 5.42. The molecule has 0 heterocycles. The van der Waals surface area contributed by atoms with Crippen LogP contribution < -0.4 is 10.2 Å². The highest BCUT2D eigenvalue weighted by atomic mass is 35.5. The van der Waals surface area contributed by atoms with Crippen molar-refractivity contribution in [3.05, 3.63) is 92.9 Å². The predicted octanol–water partition coefficient (Wildman–Crippen LogP) is 6.67. The van der Waals surface area contributed by atoms with Crippen LogP contribution in [0.3, 0.4) is 0 Å². The molecule has 1 N–H and O–H groups in total. The highest BCUT2D eigenvalue weighted by Gasteiger charge is 2.10. The molecule has 26 heavy (non-hydrogen) atoms. The molecule has 132 valence electrons. The molecule has 0 bridgehead atoms. The summed E-state index contributed by atoms with van der Waals surface area (Å²) in [4.78, 5) is 0. The molecule has 3 aromatic rings. The highest BCUT2D eigenvalue weighted by Crippen LogP contribution is 2.32. The third-order valence-electron chi connectivity index (χ3n) is 3.56. The Balaban J connectivity index is 1.65. The summed E-state index contributed by atoms with van der Waals surface area (Å²) in [6.07, 6.45) is 1.72. The number of hydrazone groups is 1. The number of para-hydroxylation sites is 1. The molecule has 0 aliphatic rings. The topological polar surface area (TPSA) is 33.6 Å². The SMILES string of the molecule is Clc1ccc(Cl)c(COc2cccc(/C=N/Nc3ccccc3)c2)c1Cl. The Morgan fingerprint density at radius 1 is 0.885 bits per heavy atom. The lowest BCUT2D eigenvalue weighted by Crippen LogP contribution is -1.98. The van der Waals surface area contributed by atoms with E-state index in [1.165, 1.54) is 0 Å². The smallest absolute Gasteiger partial charge is 0.120 e. The van der Waals surface area contributed by atoms with E-state index in [0.29, 0.717) is 26.4 Å². The van der Waals surface area contributed by atoms with Crippen LogP contribution in [-0.2, 0) is 6.61 Å². The van der Waals surface area contributed by atoms with E-state index in [1.807, 2.05) is 54.6 Å². The minimum absolute atomic E-state index is 0.223. The molecule has 0 amide bonds. The Morgan fingerprint density at radius 3 is 2.46 bits per heavy atom. The third-order valence-corrected chi connectivity index (χ3v) is 4.76. The first kappa shape index (κ1) is 18.6. The molecular formula is C20H15Cl3N2O. The minimum atomic E-state index is 0.223. The van der Waals surface area contributed by atoms with E-state index >= 15 is 0 Å². The maximum absolute atomic E-state index is 6.20. The van der Waals surface area contributed by atoms with Crippen LogP contribution in [0.4, 0.5) is 5.69 Å². The Labute approximate surface area is 167 Å². The first-order valence-electron chi connectivity index (χ1n) is 7.83. The highest BCUT2D eigenvalue weighted by molar-refractivity contribution is 6.44. The van der Waals surface area contributed by atoms with Gasteiger partial charge in [-0.15, -0.1) is 0 Å². The molecule has 0 aliphatic carbocycles. The fourth-order valence-corrected chi connectivity index (χ4v) is 2.89. The molecule has 0 saturated carbocycles. The van der Waals surface area contributed by atoms with Crippen LogP contribution in [0.15, 0.2) is 71.8 Å². The van der Waals surface area contributed by atoms with Gasteiger partial charge in [0.05, 0.1) is 21.9 Å². The fourth-order valence-electron chi connectivity index (χ4n) is 2.24. The monoisotopic (exact) mass is 404 g/mol. The average molecular weight is 406 g/mol. The van der Waals surface area contributed by atoms with E-state index in [-0.39, 0.29) is 6.61 Å². The Morgan fingerprint density at radius 2 is 1.65 bits per heavy atom. The van der Waals surface area contributed by atoms with Crippen molar-refractivity contribution in [3.63, 3.8) is 0 Å². The average Bonchev–Trinajstić information content (AvgIpc) is 2.66. The number of rotatable bonds is 6. The maximum Gasteiger partial charge on any atom is 0.120 e. The molecule has 3 rings (SSSR count). The molecule has 0 saturated heterocycles. The van der Waals surface area contributed by atoms with E-state index in [4.69, 9.17) is 39.5 Å². The lowest BCUT2D eigenvalue weighted by Gasteiger charge is -2.11. The van der Waals surface area contributed by atoms with Crippen molar-refractivity contribution < 1.29 is 4.74 Å². The zero-order valence-corrected chi connectivity index (χ0v) is 15.9. The number of nitrogens with one attached hydrogen (secondary N) is 1. The van der Waals surface area contributed by atoms with E-state index in [1.54, 1.807) is 18.3 Å². The number of benzene rings is 3. The summed E-state index contributed by atoms with van der Waals surface area (Å²) in [5.41, 5.74) is 5.44. The zero-order chi connectivity index (χ0) is 18.4. The molecule has 0 spiro atoms. The van der Waals surface area contributed by atoms with Crippen molar-refractivity contribution >= 4 is 46.7 Å². The molecule has 0 atom stereocenters. The summed E-state index contributed by atoms with van der Waals surface area (Å²) >= 11 is 18.4. The maximum atomic E-state index is 6.20. The molecule has 0 aromatic heterocycles. The standard InChI is InChI=1S/C20H15Cl3N2O/c21-18-9-10-19(22)20(23)17(18)13-26-16-8-4-5-14(11-16)12-24-25-15-6-2-1-3-7-15/h1-12,25H,13H2/b24-12+. The minimum Gasteiger partial charge on any atom is -0.489 e. The summed E-state index contributed by atoms with van der Waals surface area (Å²) in [5.74, 6) is 0.681. The van der Waals surface area contributed by atoms with Gasteiger partial charge in [0.1, 0.15) is 12.4 Å². The second-order valence-corrected chi connectivity index (χ2v) is 6.61. The Bertz CT molecular complexity index is 914. The van der Waals surface area contributed by atoms with Gasteiger partial charge in [0, 0.05) is 10.6 Å². The van der Waals surface area contributed by atoms with Gasteiger partial charge in [-0.05, 0) is 42.0 Å². The second kappa shape index (κ2) is 8.95. The normalized spacial score (nSPS) is 10.9. The van der Waals surface area contributed by atoms with Crippen LogP contribution in [0, 0.1) is 0 Å². The fraction of sp³-hybridized carbons (Fsp3) is 0.0500. The van der Waals surface area contributed by atoms with Gasteiger partial charge >= 0.3 is 0 Å². The Hall–Kier alpha value is -2.20. The van der Waals surface area contributed by atoms with Crippen molar-refractivity contribution in [1.82, 2.24) is 0 Å². The number of hydrogen-bond acceptors (Lipinski definition) is 3. The van der Waals surface area contributed by atoms with Gasteiger partial charge in [-0.2, -0.15) is 5.10 Å². The van der Waals surface area contributed by atoms with Crippen molar-refractivity contribution in [1.29, 1.82) is 0 Å². The molecule has 0 unspecified atom stereocenters. The summed E-state index contributed by atoms with van der Waals surface area (Å²) in [7, 11) is 0. The van der Waals surface area contributed by atoms with Gasteiger partial charge in [-0.3, -0.25) is 5.43 Å². The summed E-state index contributed by atoms with van der Waals surface area (Å²) in [6, 6.07) is 20.6. The molecule has 6 heteroatoms. The van der Waals surface area contributed by atoms with Crippen LogP contribution in [0.2, 0.25) is 15.1 Å². The van der Waals surface area contributed by atoms with Gasteiger partial charge in [0.15, 0.2) is 0 Å². The number of ether oxygens (including phenoxy) is 1. The predicted molar refractivity (Wildman–Crippen MR) is 110 cm³/mol. The van der Waals surface area contributed by atoms with Gasteiger partial charge in [0.25, 0.3) is 0 Å². The lowest BCUT2D eigenvalue weighted by atomic mass is 10.2. The summed E-state index contributed by atoms with van der Waals surface area (Å²) in [6.45, 7) is 0.223. The summed E-state index contributed by atoms with van der Waals surface area (Å²) in [5, 5.41) is 5.59. The zero-order valence-electron chi connectivity index (χ0n) is 13.6. The third kappa shape index (κ3) is 4.92. The summed E-state index contributed by atoms with van der Waals surface area (Å²) < 4.78 is 5.80. The van der Waals surface area contributed by atoms with Crippen molar-refractivity contribution in [3.8, 4) is 5.75 Å². The molecular weight excluding hydrogens is 391 g/mol.